The molecule has 1 aliphatic heterocycles. The van der Waals surface area contributed by atoms with Crippen molar-refractivity contribution in [3.05, 3.63) is 47.4 Å². The van der Waals surface area contributed by atoms with Crippen molar-refractivity contribution in [2.45, 2.75) is 52.4 Å². The number of amides is 3. The summed E-state index contributed by atoms with van der Waals surface area (Å²) < 4.78 is 18.8. The fraction of sp³-hybridized carbons (Fsp3) is 0.407. The van der Waals surface area contributed by atoms with Crippen molar-refractivity contribution < 1.29 is 23.5 Å². The third-order valence-electron chi connectivity index (χ3n) is 6.31. The molecule has 38 heavy (non-hydrogen) atoms. The van der Waals surface area contributed by atoms with E-state index in [9.17, 15) is 18.8 Å². The lowest BCUT2D eigenvalue weighted by Gasteiger charge is -2.30. The second kappa shape index (κ2) is 12.2. The predicted octanol–water partition coefficient (Wildman–Crippen LogP) is 5.42. The van der Waals surface area contributed by atoms with Gasteiger partial charge in [-0.25, -0.2) is 29.0 Å². The van der Waals surface area contributed by atoms with Gasteiger partial charge in [0.25, 0.3) is 0 Å². The first kappa shape index (κ1) is 27.3. The zero-order valence-corrected chi connectivity index (χ0v) is 22.5. The summed E-state index contributed by atoms with van der Waals surface area (Å²) in [5, 5.41) is 0.883. The van der Waals surface area contributed by atoms with Gasteiger partial charge in [-0.05, 0) is 50.1 Å². The average molecular weight is 540 g/mol. The highest BCUT2D eigenvalue weighted by molar-refractivity contribution is 7.15. The van der Waals surface area contributed by atoms with Crippen LogP contribution in [-0.4, -0.2) is 57.5 Å². The number of imide groups is 1. The summed E-state index contributed by atoms with van der Waals surface area (Å²) >= 11 is 1.47. The maximum atomic E-state index is 13.7. The minimum absolute atomic E-state index is 0.0175. The Labute approximate surface area is 224 Å². The van der Waals surface area contributed by atoms with E-state index in [-0.39, 0.29) is 48.4 Å². The Morgan fingerprint density at radius 2 is 1.68 bits per heavy atom. The van der Waals surface area contributed by atoms with E-state index in [0.717, 1.165) is 33.2 Å². The number of aromatic nitrogens is 3. The summed E-state index contributed by atoms with van der Waals surface area (Å²) in [7, 11) is 0. The highest BCUT2D eigenvalue weighted by atomic mass is 32.1. The summed E-state index contributed by atoms with van der Waals surface area (Å²) in [6.45, 7) is 6.60. The number of carbonyl (C=O) groups is 3. The molecule has 1 fully saturated rings. The van der Waals surface area contributed by atoms with Gasteiger partial charge >= 0.3 is 6.09 Å². The molecule has 0 atom stereocenters. The molecule has 0 saturated carbocycles. The molecule has 3 amide bonds. The Morgan fingerprint density at radius 3 is 2.29 bits per heavy atom. The lowest BCUT2D eigenvalue weighted by atomic mass is 9.98. The largest absolute Gasteiger partial charge is 0.450 e. The van der Waals surface area contributed by atoms with Crippen LogP contribution in [0.3, 0.4) is 0 Å². The molecular formula is C27H30FN5O4S. The smallest absolute Gasteiger partial charge is 0.409 e. The molecular weight excluding hydrogens is 509 g/mol. The molecule has 9 nitrogen and oxygen atoms in total. The molecule has 2 aromatic heterocycles. The van der Waals surface area contributed by atoms with Crippen LogP contribution in [0.15, 0.2) is 36.5 Å². The number of piperidine rings is 1. The van der Waals surface area contributed by atoms with Crippen molar-refractivity contribution in [3.63, 3.8) is 0 Å². The number of hydrogen-bond acceptors (Lipinski definition) is 8. The average Bonchev–Trinajstić information content (AvgIpc) is 3.39. The van der Waals surface area contributed by atoms with Crippen LogP contribution in [0.1, 0.15) is 57.4 Å². The molecule has 3 heterocycles. The minimum atomic E-state index is -0.383. The number of anilines is 1. The predicted molar refractivity (Wildman–Crippen MR) is 142 cm³/mol. The van der Waals surface area contributed by atoms with E-state index < -0.39 is 0 Å². The summed E-state index contributed by atoms with van der Waals surface area (Å²) in [5.41, 5.74) is 1.87. The van der Waals surface area contributed by atoms with Gasteiger partial charge in [-0.2, -0.15) is 0 Å². The van der Waals surface area contributed by atoms with Crippen LogP contribution in [0.25, 0.3) is 21.8 Å². The molecule has 0 aliphatic carbocycles. The van der Waals surface area contributed by atoms with E-state index in [2.05, 4.69) is 9.97 Å². The lowest BCUT2D eigenvalue weighted by Crippen LogP contribution is -2.38. The SMILES string of the molecule is CCOC(=O)N1CCC(c2nc(-c3ccc(F)cc3)c(-c3ccnc(N(C(=O)CC)C(=O)CC)n3)s2)CC1. The number of nitrogens with zero attached hydrogens (tertiary/aromatic N) is 5. The first-order valence-electron chi connectivity index (χ1n) is 12.7. The molecule has 1 aromatic carbocycles. The number of benzene rings is 1. The molecule has 0 N–H and O–H groups in total. The van der Waals surface area contributed by atoms with E-state index in [0.29, 0.717) is 31.1 Å². The van der Waals surface area contributed by atoms with Crippen LogP contribution >= 0.6 is 11.3 Å². The van der Waals surface area contributed by atoms with Crippen molar-refractivity contribution in [2.75, 3.05) is 24.6 Å². The normalized spacial score (nSPS) is 13.8. The van der Waals surface area contributed by atoms with Gasteiger partial charge in [0.2, 0.25) is 17.8 Å². The summed E-state index contributed by atoms with van der Waals surface area (Å²) in [6, 6.07) is 7.79. The molecule has 11 heteroatoms. The number of likely N-dealkylation sites (tertiary alicyclic amines) is 1. The van der Waals surface area contributed by atoms with Crippen LogP contribution in [-0.2, 0) is 14.3 Å². The summed E-state index contributed by atoms with van der Waals surface area (Å²) in [6.07, 6.45) is 2.94. The maximum absolute atomic E-state index is 13.7. The Kier molecular flexibility index (Phi) is 8.77. The van der Waals surface area contributed by atoms with Crippen molar-refractivity contribution in [1.29, 1.82) is 0 Å². The molecule has 0 unspecified atom stereocenters. The van der Waals surface area contributed by atoms with Crippen molar-refractivity contribution in [2.24, 2.45) is 0 Å². The molecule has 3 aromatic rings. The van der Waals surface area contributed by atoms with Gasteiger partial charge in [0, 0.05) is 43.6 Å². The van der Waals surface area contributed by atoms with E-state index in [1.807, 2.05) is 0 Å². The van der Waals surface area contributed by atoms with Gasteiger partial charge in [-0.3, -0.25) is 9.59 Å². The van der Waals surface area contributed by atoms with Crippen LogP contribution in [0.2, 0.25) is 0 Å². The third-order valence-corrected chi connectivity index (χ3v) is 7.55. The van der Waals surface area contributed by atoms with Crippen LogP contribution in [0.5, 0.6) is 0 Å². The van der Waals surface area contributed by atoms with E-state index in [1.54, 1.807) is 43.9 Å². The number of hydrogen-bond donors (Lipinski definition) is 0. The summed E-state index contributed by atoms with van der Waals surface area (Å²) in [5.74, 6) is -0.978. The molecule has 0 radical (unpaired) electrons. The van der Waals surface area contributed by atoms with Crippen molar-refractivity contribution in [1.82, 2.24) is 19.9 Å². The first-order valence-corrected chi connectivity index (χ1v) is 13.5. The fourth-order valence-corrected chi connectivity index (χ4v) is 5.50. The zero-order chi connectivity index (χ0) is 27.2. The quantitative estimate of drug-likeness (QED) is 0.395. The van der Waals surface area contributed by atoms with Crippen molar-refractivity contribution in [3.8, 4) is 21.8 Å². The van der Waals surface area contributed by atoms with Crippen molar-refractivity contribution >= 4 is 35.2 Å². The second-order valence-corrected chi connectivity index (χ2v) is 9.80. The van der Waals surface area contributed by atoms with Gasteiger partial charge in [-0.15, -0.1) is 11.3 Å². The van der Waals surface area contributed by atoms with Crippen LogP contribution < -0.4 is 4.90 Å². The summed E-state index contributed by atoms with van der Waals surface area (Å²) in [4.78, 5) is 54.4. The van der Waals surface area contributed by atoms with Gasteiger partial charge in [0.15, 0.2) is 0 Å². The Morgan fingerprint density at radius 1 is 1.03 bits per heavy atom. The Bertz CT molecular complexity index is 1290. The Balaban J connectivity index is 1.72. The number of halogens is 1. The number of rotatable bonds is 7. The molecule has 200 valence electrons. The minimum Gasteiger partial charge on any atom is -0.450 e. The topological polar surface area (TPSA) is 106 Å². The van der Waals surface area contributed by atoms with E-state index >= 15 is 0 Å². The lowest BCUT2D eigenvalue weighted by molar-refractivity contribution is -0.126. The third kappa shape index (κ3) is 5.88. The monoisotopic (exact) mass is 539 g/mol. The van der Waals surface area contributed by atoms with E-state index in [4.69, 9.17) is 9.72 Å². The van der Waals surface area contributed by atoms with Crippen LogP contribution in [0.4, 0.5) is 15.1 Å². The van der Waals surface area contributed by atoms with Gasteiger partial charge in [0.05, 0.1) is 27.9 Å². The van der Waals surface area contributed by atoms with Gasteiger partial charge in [-0.1, -0.05) is 13.8 Å². The Hall–Kier alpha value is -3.73. The molecule has 4 rings (SSSR count). The van der Waals surface area contributed by atoms with Crippen LogP contribution in [0, 0.1) is 5.82 Å². The molecule has 1 aliphatic rings. The highest BCUT2D eigenvalue weighted by Crippen LogP contribution is 2.41. The van der Waals surface area contributed by atoms with E-state index in [1.165, 1.54) is 29.7 Å². The first-order chi connectivity index (χ1) is 18.4. The standard InChI is InChI=1S/C27H30FN5O4S/c1-4-21(34)33(22(35)5-2)26-29-14-11-20(30-26)24-23(17-7-9-19(28)10-8-17)31-25(38-24)18-12-15-32(16-13-18)27(36)37-6-3/h7-11,14,18H,4-6,12-13,15-16H2,1-3H3. The maximum Gasteiger partial charge on any atom is 0.409 e. The number of ether oxygens (including phenoxy) is 1. The van der Waals surface area contributed by atoms with Gasteiger partial charge < -0.3 is 9.64 Å². The molecule has 1 saturated heterocycles. The molecule has 0 bridgehead atoms. The number of thiazole rings is 1. The number of carbonyl (C=O) groups excluding carboxylic acids is 3. The second-order valence-electron chi connectivity index (χ2n) is 8.77. The van der Waals surface area contributed by atoms with Gasteiger partial charge in [0.1, 0.15) is 5.82 Å². The zero-order valence-electron chi connectivity index (χ0n) is 21.6. The fourth-order valence-electron chi connectivity index (χ4n) is 4.27. The molecule has 0 spiro atoms. The highest BCUT2D eigenvalue weighted by Gasteiger charge is 2.29.